The van der Waals surface area contributed by atoms with Crippen LogP contribution in [0.2, 0.25) is 0 Å². The van der Waals surface area contributed by atoms with Crippen molar-refractivity contribution in [1.29, 1.82) is 0 Å². The van der Waals surface area contributed by atoms with Gasteiger partial charge in [0.25, 0.3) is 0 Å². The molecular weight excluding hydrogens is 468 g/mol. The zero-order chi connectivity index (χ0) is 23.9. The zero-order valence-electron chi connectivity index (χ0n) is 20.1. The number of fused-ring (bicyclic) bond motifs is 2. The van der Waals surface area contributed by atoms with Crippen LogP contribution in [0.4, 0.5) is 0 Å². The fourth-order valence-corrected chi connectivity index (χ4v) is 6.30. The molecule has 0 spiro atoms. The van der Waals surface area contributed by atoms with Gasteiger partial charge in [0.05, 0.1) is 30.3 Å². The first-order valence-corrected chi connectivity index (χ1v) is 13.7. The Balaban J connectivity index is 1.07. The molecule has 7 rings (SSSR count). The predicted molar refractivity (Wildman–Crippen MR) is 141 cm³/mol. The number of hydrogen-bond acceptors (Lipinski definition) is 6. The Hall–Kier alpha value is -3.43. The third-order valence-electron chi connectivity index (χ3n) is 7.11. The van der Waals surface area contributed by atoms with E-state index in [2.05, 4.69) is 72.2 Å². The molecule has 0 atom stereocenters. The van der Waals surface area contributed by atoms with E-state index in [1.165, 1.54) is 49.0 Å². The van der Waals surface area contributed by atoms with Crippen LogP contribution in [0.3, 0.4) is 0 Å². The van der Waals surface area contributed by atoms with E-state index in [0.29, 0.717) is 6.54 Å². The van der Waals surface area contributed by atoms with E-state index in [-0.39, 0.29) is 0 Å². The van der Waals surface area contributed by atoms with Gasteiger partial charge in [-0.15, -0.1) is 5.10 Å². The van der Waals surface area contributed by atoms with E-state index in [9.17, 15) is 0 Å². The lowest BCUT2D eigenvalue weighted by molar-refractivity contribution is 0.220. The minimum atomic E-state index is 0.575. The Morgan fingerprint density at radius 2 is 1.72 bits per heavy atom. The van der Waals surface area contributed by atoms with Crippen LogP contribution >= 0.6 is 11.8 Å². The molecule has 182 valence electrons. The maximum Gasteiger partial charge on any atom is 0.137 e. The molecule has 8 nitrogen and oxygen atoms in total. The molecule has 0 unspecified atom stereocenters. The summed E-state index contributed by atoms with van der Waals surface area (Å²) in [6.45, 7) is 3.98. The van der Waals surface area contributed by atoms with E-state index < -0.39 is 0 Å². The van der Waals surface area contributed by atoms with Gasteiger partial charge in [0.15, 0.2) is 0 Å². The molecule has 2 aliphatic heterocycles. The van der Waals surface area contributed by atoms with Crippen LogP contribution in [-0.4, -0.2) is 51.9 Å². The third kappa shape index (κ3) is 4.33. The smallest absolute Gasteiger partial charge is 0.137 e. The Kier molecular flexibility index (Phi) is 5.59. The molecule has 0 radical (unpaired) electrons. The summed E-state index contributed by atoms with van der Waals surface area (Å²) in [7, 11) is 0. The van der Waals surface area contributed by atoms with Crippen LogP contribution in [0.5, 0.6) is 0 Å². The minimum absolute atomic E-state index is 0.575. The van der Waals surface area contributed by atoms with Gasteiger partial charge in [0, 0.05) is 54.6 Å². The minimum Gasteiger partial charge on any atom is -0.322 e. The van der Waals surface area contributed by atoms with Crippen molar-refractivity contribution in [3.8, 4) is 16.9 Å². The van der Waals surface area contributed by atoms with E-state index in [1.807, 2.05) is 35.0 Å². The van der Waals surface area contributed by atoms with E-state index >= 15 is 0 Å². The first-order valence-electron chi connectivity index (χ1n) is 12.6. The van der Waals surface area contributed by atoms with Crippen molar-refractivity contribution in [2.75, 3.05) is 13.1 Å². The van der Waals surface area contributed by atoms with Crippen LogP contribution in [0, 0.1) is 0 Å². The van der Waals surface area contributed by atoms with Crippen LogP contribution in [-0.2, 0) is 24.6 Å². The molecule has 2 aliphatic rings. The van der Waals surface area contributed by atoms with Gasteiger partial charge in [0.2, 0.25) is 0 Å². The summed E-state index contributed by atoms with van der Waals surface area (Å²) in [4.78, 5) is 11.8. The van der Waals surface area contributed by atoms with Crippen molar-refractivity contribution in [1.82, 2.24) is 38.8 Å². The van der Waals surface area contributed by atoms with Crippen LogP contribution in [0.15, 0.2) is 61.6 Å². The SMILES string of the molecule is c1cc2nc(Cn3cc(-c4cncc(-n5cc6c(c5)CSC6)c4)nn3)cn2cc1CN1CCCCC1. The number of hydrogen-bond donors (Lipinski definition) is 0. The summed E-state index contributed by atoms with van der Waals surface area (Å²) in [6, 6.07) is 6.44. The first-order chi connectivity index (χ1) is 17.8. The maximum absolute atomic E-state index is 4.80. The van der Waals surface area contributed by atoms with E-state index in [4.69, 9.17) is 4.98 Å². The number of aromatic nitrogens is 7. The zero-order valence-corrected chi connectivity index (χ0v) is 20.9. The second-order valence-corrected chi connectivity index (χ2v) is 10.8. The average Bonchev–Trinajstić information content (AvgIpc) is 3.68. The lowest BCUT2D eigenvalue weighted by Gasteiger charge is -2.26. The summed E-state index contributed by atoms with van der Waals surface area (Å²) in [5.74, 6) is 2.18. The molecule has 9 heteroatoms. The summed E-state index contributed by atoms with van der Waals surface area (Å²) >= 11 is 1.97. The third-order valence-corrected chi connectivity index (χ3v) is 8.15. The van der Waals surface area contributed by atoms with Crippen molar-refractivity contribution in [3.05, 3.63) is 84.0 Å². The Morgan fingerprint density at radius 3 is 2.58 bits per heavy atom. The highest BCUT2D eigenvalue weighted by Gasteiger charge is 2.15. The van der Waals surface area contributed by atoms with Gasteiger partial charge in [-0.1, -0.05) is 17.7 Å². The molecule has 36 heavy (non-hydrogen) atoms. The molecule has 7 heterocycles. The maximum atomic E-state index is 4.80. The van der Waals surface area contributed by atoms with Crippen molar-refractivity contribution in [3.63, 3.8) is 0 Å². The van der Waals surface area contributed by atoms with Gasteiger partial charge in [-0.2, -0.15) is 11.8 Å². The molecule has 0 saturated carbocycles. The quantitative estimate of drug-likeness (QED) is 0.343. The van der Waals surface area contributed by atoms with Gasteiger partial charge in [0.1, 0.15) is 11.3 Å². The van der Waals surface area contributed by atoms with Crippen molar-refractivity contribution >= 4 is 17.4 Å². The van der Waals surface area contributed by atoms with Crippen molar-refractivity contribution < 1.29 is 0 Å². The molecule has 1 fully saturated rings. The Morgan fingerprint density at radius 1 is 0.861 bits per heavy atom. The van der Waals surface area contributed by atoms with Gasteiger partial charge < -0.3 is 8.97 Å². The fourth-order valence-electron chi connectivity index (χ4n) is 5.24. The number of nitrogens with zero attached hydrogens (tertiary/aromatic N) is 8. The lowest BCUT2D eigenvalue weighted by atomic mass is 10.1. The average molecular weight is 497 g/mol. The summed E-state index contributed by atoms with van der Waals surface area (Å²) in [6.07, 6.45) is 18.4. The first kappa shape index (κ1) is 21.8. The second-order valence-electron chi connectivity index (χ2n) is 9.81. The standard InChI is InChI=1S/C27H28N8S/c1-2-6-32(7-3-1)11-20-4-5-27-29-24(15-34(27)12-20)16-35-17-26(30-31-35)21-8-25(10-28-9-21)33-13-22-18-36-19-23(22)14-33/h4-5,8-10,12-15,17H,1-3,6-7,11,16,18-19H2. The van der Waals surface area contributed by atoms with Crippen molar-refractivity contribution in [2.45, 2.75) is 43.9 Å². The Labute approximate surface area is 214 Å². The fraction of sp³-hybridized carbons (Fsp3) is 0.333. The molecule has 1 saturated heterocycles. The topological polar surface area (TPSA) is 69.1 Å². The summed E-state index contributed by atoms with van der Waals surface area (Å²) in [5.41, 5.74) is 8.91. The van der Waals surface area contributed by atoms with E-state index in [0.717, 1.165) is 46.3 Å². The predicted octanol–water partition coefficient (Wildman–Crippen LogP) is 4.56. The summed E-state index contributed by atoms with van der Waals surface area (Å²) in [5, 5.41) is 8.79. The molecule has 0 amide bonds. The molecule has 0 N–H and O–H groups in total. The lowest BCUT2D eigenvalue weighted by Crippen LogP contribution is -2.29. The largest absolute Gasteiger partial charge is 0.322 e. The summed E-state index contributed by atoms with van der Waals surface area (Å²) < 4.78 is 6.15. The van der Waals surface area contributed by atoms with Crippen molar-refractivity contribution in [2.24, 2.45) is 0 Å². The van der Waals surface area contributed by atoms with Gasteiger partial charge in [-0.25, -0.2) is 9.67 Å². The number of pyridine rings is 2. The monoisotopic (exact) mass is 496 g/mol. The van der Waals surface area contributed by atoms with Gasteiger partial charge in [-0.05, 0) is 54.8 Å². The number of imidazole rings is 1. The number of piperidine rings is 1. The van der Waals surface area contributed by atoms with Gasteiger partial charge in [-0.3, -0.25) is 9.88 Å². The van der Waals surface area contributed by atoms with E-state index in [1.54, 1.807) is 0 Å². The van der Waals surface area contributed by atoms with Crippen LogP contribution in [0.1, 0.15) is 41.6 Å². The van der Waals surface area contributed by atoms with Crippen LogP contribution < -0.4 is 0 Å². The van der Waals surface area contributed by atoms with Gasteiger partial charge >= 0.3 is 0 Å². The molecule has 0 aliphatic carbocycles. The Bertz CT molecular complexity index is 1500. The molecule has 0 bridgehead atoms. The highest BCUT2D eigenvalue weighted by molar-refractivity contribution is 7.98. The second kappa shape index (κ2) is 9.22. The molecular formula is C27H28N8S. The highest BCUT2D eigenvalue weighted by Crippen LogP contribution is 2.31. The molecule has 5 aromatic heterocycles. The van der Waals surface area contributed by atoms with Crippen LogP contribution in [0.25, 0.3) is 22.6 Å². The number of rotatable bonds is 6. The number of thioether (sulfide) groups is 1. The molecule has 0 aromatic carbocycles. The molecule has 5 aromatic rings. The highest BCUT2D eigenvalue weighted by atomic mass is 32.2. The normalized spacial score (nSPS) is 16.1. The number of likely N-dealkylation sites (tertiary alicyclic amines) is 1.